The van der Waals surface area contributed by atoms with Crippen LogP contribution in [-0.2, 0) is 33.9 Å². The molecular weight excluding hydrogens is 337 g/mol. The van der Waals surface area contributed by atoms with Gasteiger partial charge in [0.2, 0.25) is 5.91 Å². The molecule has 138 valence electrons. The number of rotatable bonds is 7. The number of carbonyl (C=O) groups is 1. The van der Waals surface area contributed by atoms with Crippen LogP contribution in [0, 0.1) is 5.82 Å². The Morgan fingerprint density at radius 1 is 1.31 bits per heavy atom. The third kappa shape index (κ3) is 4.80. The van der Waals surface area contributed by atoms with Crippen molar-refractivity contribution in [1.82, 2.24) is 5.32 Å². The highest BCUT2D eigenvalue weighted by atomic mass is 19.1. The summed E-state index contributed by atoms with van der Waals surface area (Å²) in [6.45, 7) is 2.95. The highest BCUT2D eigenvalue weighted by Crippen LogP contribution is 2.29. The molecular formula is C20H22FNO4. The maximum absolute atomic E-state index is 13.7. The van der Waals surface area contributed by atoms with Crippen molar-refractivity contribution in [2.75, 3.05) is 13.3 Å². The summed E-state index contributed by atoms with van der Waals surface area (Å²) in [5, 5.41) is 2.82. The predicted octanol–water partition coefficient (Wildman–Crippen LogP) is 2.96. The molecule has 6 heteroatoms. The number of amides is 1. The summed E-state index contributed by atoms with van der Waals surface area (Å²) in [7, 11) is 0. The van der Waals surface area contributed by atoms with Gasteiger partial charge in [0.05, 0.1) is 13.2 Å². The number of nitrogens with one attached hydrogen (secondary N) is 1. The lowest BCUT2D eigenvalue weighted by atomic mass is 10.1. The zero-order valence-corrected chi connectivity index (χ0v) is 14.7. The fourth-order valence-corrected chi connectivity index (χ4v) is 2.78. The number of halogens is 1. The third-order valence-corrected chi connectivity index (χ3v) is 4.16. The van der Waals surface area contributed by atoms with Crippen molar-refractivity contribution in [3.8, 4) is 5.75 Å². The summed E-state index contributed by atoms with van der Waals surface area (Å²) in [4.78, 5) is 12.1. The molecule has 0 aromatic heterocycles. The number of ether oxygens (including phenoxy) is 3. The van der Waals surface area contributed by atoms with Crippen LogP contribution in [0.15, 0.2) is 42.5 Å². The summed E-state index contributed by atoms with van der Waals surface area (Å²) in [5.41, 5.74) is 2.43. The van der Waals surface area contributed by atoms with E-state index in [4.69, 9.17) is 14.2 Å². The number of fused-ring (bicyclic) bond motifs is 1. The van der Waals surface area contributed by atoms with Gasteiger partial charge >= 0.3 is 0 Å². The second-order valence-electron chi connectivity index (χ2n) is 6.14. The standard InChI is InChI=1S/C20H22FNO4/c1-14(25-11-15-5-3-2-4-6-15)20(23)22-8-7-16-9-18(21)10-17-12-24-13-26-19(16)17/h2-6,9-10,14H,7-8,11-13H2,1H3,(H,22,23). The lowest BCUT2D eigenvalue weighted by molar-refractivity contribution is -0.132. The monoisotopic (exact) mass is 359 g/mol. The second-order valence-corrected chi connectivity index (χ2v) is 6.14. The van der Waals surface area contributed by atoms with Gasteiger partial charge in [-0.25, -0.2) is 4.39 Å². The quantitative estimate of drug-likeness (QED) is 0.826. The molecule has 1 N–H and O–H groups in total. The SMILES string of the molecule is CC(OCc1ccccc1)C(=O)NCCc1cc(F)cc2c1OCOC2. The van der Waals surface area contributed by atoms with E-state index in [0.29, 0.717) is 37.5 Å². The molecule has 1 unspecified atom stereocenters. The molecule has 5 nitrogen and oxygen atoms in total. The zero-order chi connectivity index (χ0) is 18.4. The van der Waals surface area contributed by atoms with E-state index in [1.54, 1.807) is 6.92 Å². The predicted molar refractivity (Wildman–Crippen MR) is 94.1 cm³/mol. The smallest absolute Gasteiger partial charge is 0.248 e. The Kier molecular flexibility index (Phi) is 6.20. The van der Waals surface area contributed by atoms with Gasteiger partial charge < -0.3 is 19.5 Å². The van der Waals surface area contributed by atoms with Crippen molar-refractivity contribution in [3.05, 3.63) is 65.0 Å². The minimum Gasteiger partial charge on any atom is -0.467 e. The first kappa shape index (κ1) is 18.4. The van der Waals surface area contributed by atoms with Gasteiger partial charge in [0.25, 0.3) is 0 Å². The minimum absolute atomic E-state index is 0.155. The van der Waals surface area contributed by atoms with E-state index in [1.165, 1.54) is 12.1 Å². The van der Waals surface area contributed by atoms with E-state index in [2.05, 4.69) is 5.32 Å². The Morgan fingerprint density at radius 2 is 2.12 bits per heavy atom. The molecule has 1 aliphatic heterocycles. The third-order valence-electron chi connectivity index (χ3n) is 4.16. The molecule has 0 saturated carbocycles. The largest absolute Gasteiger partial charge is 0.467 e. The second kappa shape index (κ2) is 8.78. The average molecular weight is 359 g/mol. The van der Waals surface area contributed by atoms with Crippen LogP contribution in [0.25, 0.3) is 0 Å². The number of benzene rings is 2. The molecule has 2 aromatic carbocycles. The van der Waals surface area contributed by atoms with Crippen molar-refractivity contribution in [1.29, 1.82) is 0 Å². The topological polar surface area (TPSA) is 56.8 Å². The van der Waals surface area contributed by atoms with Crippen molar-refractivity contribution in [3.63, 3.8) is 0 Å². The van der Waals surface area contributed by atoms with Crippen LogP contribution in [0.1, 0.15) is 23.6 Å². The van der Waals surface area contributed by atoms with Crippen LogP contribution < -0.4 is 10.1 Å². The highest BCUT2D eigenvalue weighted by molar-refractivity contribution is 5.80. The fraction of sp³-hybridized carbons (Fsp3) is 0.350. The molecule has 1 heterocycles. The maximum Gasteiger partial charge on any atom is 0.248 e. The van der Waals surface area contributed by atoms with E-state index in [9.17, 15) is 9.18 Å². The first-order chi connectivity index (χ1) is 12.6. The summed E-state index contributed by atoms with van der Waals surface area (Å²) in [6.07, 6.45) is -0.0988. The number of hydrogen-bond donors (Lipinski definition) is 1. The lowest BCUT2D eigenvalue weighted by Gasteiger charge is -2.21. The van der Waals surface area contributed by atoms with Gasteiger partial charge in [-0.15, -0.1) is 0 Å². The van der Waals surface area contributed by atoms with E-state index in [-0.39, 0.29) is 18.5 Å². The molecule has 3 rings (SSSR count). The summed E-state index contributed by atoms with van der Waals surface area (Å²) < 4.78 is 29.9. The minimum atomic E-state index is -0.568. The molecule has 0 aliphatic carbocycles. The van der Waals surface area contributed by atoms with Gasteiger partial charge in [0.15, 0.2) is 6.79 Å². The van der Waals surface area contributed by atoms with E-state index >= 15 is 0 Å². The Morgan fingerprint density at radius 3 is 2.92 bits per heavy atom. The molecule has 1 aliphatic rings. The first-order valence-corrected chi connectivity index (χ1v) is 8.58. The van der Waals surface area contributed by atoms with Crippen LogP contribution in [0.5, 0.6) is 5.75 Å². The molecule has 26 heavy (non-hydrogen) atoms. The molecule has 0 spiro atoms. The van der Waals surface area contributed by atoms with Crippen LogP contribution in [0.4, 0.5) is 4.39 Å². The molecule has 0 bridgehead atoms. The van der Waals surface area contributed by atoms with E-state index in [1.807, 2.05) is 30.3 Å². The summed E-state index contributed by atoms with van der Waals surface area (Å²) >= 11 is 0. The van der Waals surface area contributed by atoms with E-state index in [0.717, 1.165) is 11.1 Å². The normalized spacial score (nSPS) is 14.2. The van der Waals surface area contributed by atoms with Crippen molar-refractivity contribution in [2.24, 2.45) is 0 Å². The van der Waals surface area contributed by atoms with Gasteiger partial charge in [-0.3, -0.25) is 4.79 Å². The Bertz CT molecular complexity index is 751. The van der Waals surface area contributed by atoms with E-state index < -0.39 is 6.10 Å². The first-order valence-electron chi connectivity index (χ1n) is 8.58. The van der Waals surface area contributed by atoms with Crippen LogP contribution in [-0.4, -0.2) is 25.3 Å². The zero-order valence-electron chi connectivity index (χ0n) is 14.7. The summed E-state index contributed by atoms with van der Waals surface area (Å²) in [6, 6.07) is 12.5. The van der Waals surface area contributed by atoms with Crippen LogP contribution in [0.3, 0.4) is 0 Å². The summed E-state index contributed by atoms with van der Waals surface area (Å²) in [5.74, 6) is 0.120. The molecule has 1 atom stereocenters. The molecule has 0 radical (unpaired) electrons. The Hall–Kier alpha value is -2.44. The fourth-order valence-electron chi connectivity index (χ4n) is 2.78. The van der Waals surface area contributed by atoms with Crippen molar-refractivity contribution >= 4 is 5.91 Å². The molecule has 0 fully saturated rings. The van der Waals surface area contributed by atoms with Gasteiger partial charge in [-0.2, -0.15) is 0 Å². The molecule has 1 amide bonds. The van der Waals surface area contributed by atoms with Gasteiger partial charge in [-0.05, 0) is 36.6 Å². The van der Waals surface area contributed by atoms with Crippen LogP contribution in [0.2, 0.25) is 0 Å². The molecule has 0 saturated heterocycles. The highest BCUT2D eigenvalue weighted by Gasteiger charge is 2.18. The Balaban J connectivity index is 1.48. The average Bonchev–Trinajstić information content (AvgIpc) is 2.66. The van der Waals surface area contributed by atoms with Gasteiger partial charge in [0.1, 0.15) is 17.7 Å². The van der Waals surface area contributed by atoms with Crippen molar-refractivity contribution in [2.45, 2.75) is 32.7 Å². The lowest BCUT2D eigenvalue weighted by Crippen LogP contribution is -2.35. The Labute approximate surface area is 152 Å². The van der Waals surface area contributed by atoms with Crippen molar-refractivity contribution < 1.29 is 23.4 Å². The number of hydrogen-bond acceptors (Lipinski definition) is 4. The van der Waals surface area contributed by atoms with Gasteiger partial charge in [-0.1, -0.05) is 30.3 Å². The maximum atomic E-state index is 13.7. The molecule has 2 aromatic rings. The van der Waals surface area contributed by atoms with Gasteiger partial charge in [0, 0.05) is 12.1 Å². The number of carbonyl (C=O) groups excluding carboxylic acids is 1. The van der Waals surface area contributed by atoms with Crippen LogP contribution >= 0.6 is 0 Å².